The zero-order valence-electron chi connectivity index (χ0n) is 21.9. The van der Waals surface area contributed by atoms with E-state index in [1.807, 2.05) is 10.6 Å². The van der Waals surface area contributed by atoms with Crippen LogP contribution in [0.5, 0.6) is 11.5 Å². The van der Waals surface area contributed by atoms with Gasteiger partial charge in [0.25, 0.3) is 11.8 Å². The average molecular weight is 563 g/mol. The minimum atomic E-state index is -2.00. The fraction of sp³-hybridized carbons (Fsp3) is 0.0385. The third-order valence-corrected chi connectivity index (χ3v) is 5.28. The van der Waals surface area contributed by atoms with Crippen LogP contribution in [0.15, 0.2) is 73.1 Å². The molecule has 0 radical (unpaired) electrons. The molecule has 4 aromatic rings. The molecule has 0 saturated heterocycles. The van der Waals surface area contributed by atoms with Gasteiger partial charge in [0.1, 0.15) is 23.1 Å². The van der Waals surface area contributed by atoms with Crippen LogP contribution in [0.2, 0.25) is 0 Å². The van der Waals surface area contributed by atoms with E-state index >= 15 is 0 Å². The van der Waals surface area contributed by atoms with Crippen LogP contribution < -0.4 is 10.6 Å². The summed E-state index contributed by atoms with van der Waals surface area (Å²) in [4.78, 5) is 44.5. The van der Waals surface area contributed by atoms with Crippen LogP contribution in [-0.2, 0) is 4.79 Å². The normalized spacial score (nSPS) is 10.4. The summed E-state index contributed by atoms with van der Waals surface area (Å²) in [7, 11) is 0. The monoisotopic (exact) mass is 562 g/mol. The Hall–Kier alpha value is -4.13. The molecule has 10 nitrogen and oxygen atoms in total. The topological polar surface area (TPSA) is 162 Å². The largest absolute Gasteiger partial charge is 2.00 e. The number of nitrogens with zero attached hydrogens (tertiary/aromatic N) is 2. The van der Waals surface area contributed by atoms with Gasteiger partial charge in [-0.15, -0.1) is 0 Å². The quantitative estimate of drug-likeness (QED) is 0.170. The number of hydrogen-bond donors (Lipinski definition) is 5. The smallest absolute Gasteiger partial charge is 1.00 e. The van der Waals surface area contributed by atoms with Crippen molar-refractivity contribution in [2.75, 3.05) is 0 Å². The predicted octanol–water partition coefficient (Wildman–Crippen LogP) is 2.91. The Labute approximate surface area is 252 Å². The van der Waals surface area contributed by atoms with E-state index < -0.39 is 58.5 Å². The van der Waals surface area contributed by atoms with Gasteiger partial charge in [0, 0.05) is 23.5 Å². The van der Waals surface area contributed by atoms with Gasteiger partial charge in [-0.2, -0.15) is 0 Å². The van der Waals surface area contributed by atoms with E-state index in [2.05, 4.69) is 9.97 Å². The minimum absolute atomic E-state index is 0. The second kappa shape index (κ2) is 12.6. The van der Waals surface area contributed by atoms with Gasteiger partial charge in [-0.1, -0.05) is 24.3 Å². The maximum Gasteiger partial charge on any atom is 2.00 e. The molecule has 0 aliphatic heterocycles. The van der Waals surface area contributed by atoms with Gasteiger partial charge < -0.3 is 28.8 Å². The Kier molecular flexibility index (Phi) is 9.51. The molecule has 13 heteroatoms. The van der Waals surface area contributed by atoms with Crippen molar-refractivity contribution in [2.45, 2.75) is 6.17 Å². The number of carbonyl (C=O) groups excluding carboxylic acids is 2. The molecule has 0 fully saturated rings. The number of aromatic nitrogens is 2. The molecule has 2 aromatic carbocycles. The van der Waals surface area contributed by atoms with Gasteiger partial charge in [-0.05, 0) is 47.5 Å². The van der Waals surface area contributed by atoms with Crippen molar-refractivity contribution in [1.82, 2.24) is 20.6 Å². The van der Waals surface area contributed by atoms with E-state index in [0.29, 0.717) is 22.3 Å². The number of rotatable bonds is 7. The maximum absolute atomic E-state index is 13.5. The first-order valence-electron chi connectivity index (χ1n) is 10.9. The van der Waals surface area contributed by atoms with Crippen molar-refractivity contribution in [2.24, 2.45) is 0 Å². The molecule has 0 unspecified atom stereocenters. The Bertz CT molecular complexity index is 1470. The molecule has 196 valence electrons. The second-order valence-corrected chi connectivity index (χ2v) is 7.92. The first kappa shape index (κ1) is 29.4. The Morgan fingerprint density at radius 1 is 0.718 bits per heavy atom. The molecule has 2 aromatic heterocycles. The number of aliphatic carboxylic acids is 1. The molecule has 39 heavy (non-hydrogen) atoms. The van der Waals surface area contributed by atoms with Gasteiger partial charge >= 0.3 is 43.7 Å². The van der Waals surface area contributed by atoms with Crippen molar-refractivity contribution in [3.05, 3.63) is 96.1 Å². The summed E-state index contributed by atoms with van der Waals surface area (Å²) in [5, 5.41) is 34.0. The molecule has 0 aliphatic rings. The summed E-state index contributed by atoms with van der Waals surface area (Å²) in [6, 6.07) is 13.2. The molecule has 2 heterocycles. The van der Waals surface area contributed by atoms with Crippen LogP contribution in [0.1, 0.15) is 23.8 Å². The Morgan fingerprint density at radius 3 is 1.46 bits per heavy atom. The molecule has 0 atom stereocenters. The summed E-state index contributed by atoms with van der Waals surface area (Å²) in [5.74, 6) is -6.22. The van der Waals surface area contributed by atoms with Crippen molar-refractivity contribution < 1.29 is 41.3 Å². The molecular weight excluding hydrogens is 542 g/mol. The van der Waals surface area contributed by atoms with Crippen molar-refractivity contribution in [3.63, 3.8) is 0 Å². The number of carboxylic acids is 1. The fourth-order valence-electron chi connectivity index (χ4n) is 3.47. The summed E-state index contributed by atoms with van der Waals surface area (Å²) in [5.41, 5.74) is 0.254. The SMILES string of the molecule is O=C(NC(NC(=O)c1ncc(-c2cccc(F)c2)cc1O)C(=O)O)c1ncc(-c2cccc(F)c2)cc1O.[Ca+2].[H-].[H-]. The van der Waals surface area contributed by atoms with E-state index in [1.165, 1.54) is 48.8 Å². The third-order valence-electron chi connectivity index (χ3n) is 5.28. The number of pyridine rings is 2. The van der Waals surface area contributed by atoms with Gasteiger partial charge in [0.15, 0.2) is 11.4 Å². The number of amides is 2. The summed E-state index contributed by atoms with van der Waals surface area (Å²) >= 11 is 0. The van der Waals surface area contributed by atoms with Crippen LogP contribution in [-0.4, -0.2) is 87.0 Å². The van der Waals surface area contributed by atoms with Gasteiger partial charge in [0.2, 0.25) is 6.17 Å². The van der Waals surface area contributed by atoms with Crippen molar-refractivity contribution in [3.8, 4) is 33.8 Å². The first-order chi connectivity index (χ1) is 18.1. The molecule has 0 aliphatic carbocycles. The number of aromatic hydroxyl groups is 2. The fourth-order valence-corrected chi connectivity index (χ4v) is 3.47. The summed E-state index contributed by atoms with van der Waals surface area (Å²) in [6.07, 6.45) is 0.364. The van der Waals surface area contributed by atoms with E-state index in [0.717, 1.165) is 12.1 Å². The molecule has 2 amide bonds. The van der Waals surface area contributed by atoms with Crippen LogP contribution in [0.3, 0.4) is 0 Å². The van der Waals surface area contributed by atoms with E-state index in [1.54, 1.807) is 12.1 Å². The van der Waals surface area contributed by atoms with Gasteiger partial charge in [-0.3, -0.25) is 9.59 Å². The number of nitrogens with one attached hydrogen (secondary N) is 2. The van der Waals surface area contributed by atoms with Crippen LogP contribution >= 0.6 is 0 Å². The van der Waals surface area contributed by atoms with Crippen LogP contribution in [0.4, 0.5) is 8.78 Å². The maximum atomic E-state index is 13.5. The summed E-state index contributed by atoms with van der Waals surface area (Å²) < 4.78 is 26.9. The number of halogens is 2. The molecule has 0 bridgehead atoms. The molecule has 0 saturated carbocycles. The Balaban J connectivity index is 0.00000280. The van der Waals surface area contributed by atoms with Crippen molar-refractivity contribution in [1.29, 1.82) is 0 Å². The van der Waals surface area contributed by atoms with E-state index in [9.17, 15) is 38.5 Å². The van der Waals surface area contributed by atoms with E-state index in [-0.39, 0.29) is 40.6 Å². The number of benzene rings is 2. The van der Waals surface area contributed by atoms with Crippen molar-refractivity contribution >= 4 is 55.5 Å². The average Bonchev–Trinajstić information content (AvgIpc) is 2.88. The first-order valence-corrected chi connectivity index (χ1v) is 10.9. The Morgan fingerprint density at radius 2 is 1.13 bits per heavy atom. The van der Waals surface area contributed by atoms with Crippen LogP contribution in [0.25, 0.3) is 22.3 Å². The van der Waals surface area contributed by atoms with Gasteiger partial charge in [-0.25, -0.2) is 23.5 Å². The summed E-state index contributed by atoms with van der Waals surface area (Å²) in [6.45, 7) is 0. The zero-order valence-corrected chi connectivity index (χ0v) is 22.1. The number of hydrogen-bond acceptors (Lipinski definition) is 7. The molecule has 4 rings (SSSR count). The second-order valence-electron chi connectivity index (χ2n) is 7.92. The molecular formula is C26H20CaF2N4O6. The minimum Gasteiger partial charge on any atom is -1.00 e. The molecule has 5 N–H and O–H groups in total. The molecule has 0 spiro atoms. The van der Waals surface area contributed by atoms with Crippen LogP contribution in [0, 0.1) is 11.6 Å². The zero-order chi connectivity index (χ0) is 27.4. The number of carbonyl (C=O) groups is 3. The predicted molar refractivity (Wildman–Crippen MR) is 137 cm³/mol. The standard InChI is InChI=1S/C26H18F2N4O6.Ca.2H/c27-17-5-1-3-13(7-17)15-9-19(33)21(29-11-15)24(35)31-23(26(37)38)32-25(36)22-20(34)10-16(12-30-22)14-4-2-6-18(28)8-14;;;/h1-12,23,33-34H,(H,31,35)(H,32,36)(H,37,38);;;/q;+2;2*-1. The number of carboxylic acid groups (broad SMARTS) is 1. The third kappa shape index (κ3) is 7.05. The van der Waals surface area contributed by atoms with Gasteiger partial charge in [0.05, 0.1) is 0 Å². The van der Waals surface area contributed by atoms with E-state index in [4.69, 9.17) is 0 Å².